The smallest absolute Gasteiger partial charge is 0.0948 e. The van der Waals surface area contributed by atoms with Crippen molar-refractivity contribution in [2.45, 2.75) is 99.2 Å². The van der Waals surface area contributed by atoms with Gasteiger partial charge in [-0.2, -0.15) is 0 Å². The Morgan fingerprint density at radius 3 is 1.48 bits per heavy atom. The lowest BCUT2D eigenvalue weighted by molar-refractivity contribution is 0.0238. The lowest BCUT2D eigenvalue weighted by Crippen LogP contribution is -2.40. The van der Waals surface area contributed by atoms with Crippen LogP contribution in [0.5, 0.6) is 0 Å². The molecule has 3 fully saturated rings. The molecule has 1 saturated carbocycles. The highest BCUT2D eigenvalue weighted by atomic mass is 16.5. The Balaban J connectivity index is 0.000000208. The summed E-state index contributed by atoms with van der Waals surface area (Å²) in [5.41, 5.74) is 0. The number of ether oxygens (including phenoxy) is 1. The second kappa shape index (κ2) is 15.8. The third kappa shape index (κ3) is 13.3. The van der Waals surface area contributed by atoms with Gasteiger partial charge in [-0.25, -0.2) is 4.98 Å². The second-order valence-corrected chi connectivity index (χ2v) is 10.3. The van der Waals surface area contributed by atoms with E-state index in [0.717, 1.165) is 44.2 Å². The largest absolute Gasteiger partial charge is 0.379 e. The van der Waals surface area contributed by atoms with Crippen molar-refractivity contribution >= 4 is 0 Å². The van der Waals surface area contributed by atoms with Gasteiger partial charge in [-0.1, -0.05) is 13.8 Å². The van der Waals surface area contributed by atoms with Crippen molar-refractivity contribution in [2.75, 3.05) is 39.4 Å². The first-order valence-corrected chi connectivity index (χ1v) is 12.8. The Kier molecular flexibility index (Phi) is 14.4. The SMILES string of the molecule is CC(C)C1CC1.CC(C)N1CCCC1.CC(C)N1CCOCC1.CC(C)n1ccnc1. The molecule has 5 nitrogen and oxygen atoms in total. The van der Waals surface area contributed by atoms with Crippen LogP contribution in [0.4, 0.5) is 0 Å². The molecular formula is C26H52N4O. The lowest BCUT2D eigenvalue weighted by atomic mass is 10.1. The van der Waals surface area contributed by atoms with Gasteiger partial charge in [0.25, 0.3) is 0 Å². The summed E-state index contributed by atoms with van der Waals surface area (Å²) in [6.07, 6.45) is 11.4. The fraction of sp³-hybridized carbons (Fsp3) is 0.885. The fourth-order valence-electron chi connectivity index (χ4n) is 3.69. The monoisotopic (exact) mass is 436 g/mol. The second-order valence-electron chi connectivity index (χ2n) is 10.3. The summed E-state index contributed by atoms with van der Waals surface area (Å²) >= 11 is 0. The van der Waals surface area contributed by atoms with Crippen LogP contribution in [0, 0.1) is 11.8 Å². The zero-order valence-electron chi connectivity index (χ0n) is 21.9. The summed E-state index contributed by atoms with van der Waals surface area (Å²) in [5.74, 6) is 2.06. The predicted octanol–water partition coefficient (Wildman–Crippen LogP) is 5.73. The third-order valence-corrected chi connectivity index (χ3v) is 6.33. The number of rotatable bonds is 4. The van der Waals surface area contributed by atoms with Crippen molar-refractivity contribution in [2.24, 2.45) is 11.8 Å². The van der Waals surface area contributed by atoms with E-state index < -0.39 is 0 Å². The van der Waals surface area contributed by atoms with Crippen LogP contribution in [0.25, 0.3) is 0 Å². The molecule has 1 aromatic heterocycles. The van der Waals surface area contributed by atoms with E-state index >= 15 is 0 Å². The van der Waals surface area contributed by atoms with Crippen LogP contribution in [-0.2, 0) is 4.74 Å². The number of morpholine rings is 1. The minimum absolute atomic E-state index is 0.539. The summed E-state index contributed by atoms with van der Waals surface area (Å²) in [6.45, 7) is 24.6. The molecule has 1 aliphatic carbocycles. The van der Waals surface area contributed by atoms with E-state index in [1.807, 2.05) is 12.5 Å². The van der Waals surface area contributed by atoms with Crippen LogP contribution < -0.4 is 0 Å². The van der Waals surface area contributed by atoms with E-state index in [9.17, 15) is 0 Å². The molecule has 2 saturated heterocycles. The Labute approximate surface area is 193 Å². The first kappa shape index (κ1) is 28.1. The van der Waals surface area contributed by atoms with Crippen molar-refractivity contribution in [1.82, 2.24) is 19.4 Å². The van der Waals surface area contributed by atoms with Crippen molar-refractivity contribution in [1.29, 1.82) is 0 Å². The summed E-state index contributed by atoms with van der Waals surface area (Å²) in [7, 11) is 0. The topological polar surface area (TPSA) is 33.5 Å². The van der Waals surface area contributed by atoms with Gasteiger partial charge in [0.1, 0.15) is 0 Å². The average Bonchev–Trinajstić information content (AvgIpc) is 3.21. The number of hydrogen-bond acceptors (Lipinski definition) is 4. The summed E-state index contributed by atoms with van der Waals surface area (Å²) in [6, 6.07) is 2.00. The molecule has 0 bridgehead atoms. The van der Waals surface area contributed by atoms with Gasteiger partial charge in [0.05, 0.1) is 19.5 Å². The summed E-state index contributed by atoms with van der Waals surface area (Å²) < 4.78 is 7.26. The molecule has 0 unspecified atom stereocenters. The molecule has 4 rings (SSSR count). The fourth-order valence-corrected chi connectivity index (χ4v) is 3.69. The number of hydrogen-bond donors (Lipinski definition) is 0. The number of imidazole rings is 1. The zero-order valence-corrected chi connectivity index (χ0v) is 21.9. The third-order valence-electron chi connectivity index (χ3n) is 6.33. The molecule has 31 heavy (non-hydrogen) atoms. The molecular weight excluding hydrogens is 384 g/mol. The maximum Gasteiger partial charge on any atom is 0.0948 e. The highest BCUT2D eigenvalue weighted by molar-refractivity contribution is 4.76. The molecule has 0 N–H and O–H groups in total. The Morgan fingerprint density at radius 2 is 1.26 bits per heavy atom. The lowest BCUT2D eigenvalue weighted by Gasteiger charge is -2.29. The standard InChI is InChI=1S/C7H15NO.C7H15N.C6H10N2.C6H12/c1-7(2)8-3-5-9-6-4-8;1-7(2)8-5-3-4-6-8;1-6(2)8-4-3-7-5-8;1-5(2)6-3-4-6/h7H,3-6H2,1-2H3;7H,3-6H2,1-2H3;3-6H,1-2H3;5-6H,3-4H2,1-2H3. The van der Waals surface area contributed by atoms with Gasteiger partial charge in [-0.15, -0.1) is 0 Å². The molecule has 182 valence electrons. The minimum Gasteiger partial charge on any atom is -0.379 e. The van der Waals surface area contributed by atoms with Gasteiger partial charge >= 0.3 is 0 Å². The predicted molar refractivity (Wildman–Crippen MR) is 134 cm³/mol. The maximum absolute atomic E-state index is 5.21. The number of likely N-dealkylation sites (tertiary alicyclic amines) is 1. The van der Waals surface area contributed by atoms with Crippen LogP contribution >= 0.6 is 0 Å². The van der Waals surface area contributed by atoms with E-state index in [0.29, 0.717) is 12.1 Å². The molecule has 2 aliphatic heterocycles. The van der Waals surface area contributed by atoms with Crippen LogP contribution in [0.3, 0.4) is 0 Å². The van der Waals surface area contributed by atoms with Crippen molar-refractivity contribution in [3.05, 3.63) is 18.7 Å². The minimum atomic E-state index is 0.539. The highest BCUT2D eigenvalue weighted by Crippen LogP contribution is 2.35. The van der Waals surface area contributed by atoms with E-state index in [4.69, 9.17) is 4.74 Å². The zero-order chi connectivity index (χ0) is 23.2. The van der Waals surface area contributed by atoms with E-state index in [1.165, 1.54) is 38.8 Å². The number of aromatic nitrogens is 2. The van der Waals surface area contributed by atoms with Gasteiger partial charge in [0.2, 0.25) is 0 Å². The van der Waals surface area contributed by atoms with Crippen molar-refractivity contribution in [3.8, 4) is 0 Å². The van der Waals surface area contributed by atoms with Gasteiger partial charge in [0.15, 0.2) is 0 Å². The highest BCUT2D eigenvalue weighted by Gasteiger charge is 2.24. The van der Waals surface area contributed by atoms with E-state index in [-0.39, 0.29) is 0 Å². The normalized spacial score (nSPS) is 19.6. The molecule has 0 aromatic carbocycles. The molecule has 0 atom stereocenters. The first-order valence-electron chi connectivity index (χ1n) is 12.8. The maximum atomic E-state index is 5.21. The van der Waals surface area contributed by atoms with E-state index in [2.05, 4.69) is 74.7 Å². The summed E-state index contributed by atoms with van der Waals surface area (Å²) in [5, 5.41) is 0. The first-order chi connectivity index (χ1) is 14.7. The molecule has 5 heteroatoms. The molecule has 3 aliphatic rings. The van der Waals surface area contributed by atoms with Gasteiger partial charge in [-0.3, -0.25) is 4.90 Å². The van der Waals surface area contributed by atoms with Crippen LogP contribution in [0.15, 0.2) is 18.7 Å². The quantitative estimate of drug-likeness (QED) is 0.603. The Morgan fingerprint density at radius 1 is 0.742 bits per heavy atom. The molecule has 3 heterocycles. The van der Waals surface area contributed by atoms with Crippen molar-refractivity contribution in [3.63, 3.8) is 0 Å². The van der Waals surface area contributed by atoms with Gasteiger partial charge in [0, 0.05) is 43.6 Å². The van der Waals surface area contributed by atoms with Crippen LogP contribution in [-0.4, -0.2) is 70.8 Å². The molecule has 0 radical (unpaired) electrons. The van der Waals surface area contributed by atoms with E-state index in [1.54, 1.807) is 6.20 Å². The van der Waals surface area contributed by atoms with Crippen molar-refractivity contribution < 1.29 is 4.74 Å². The number of nitrogens with zero attached hydrogens (tertiary/aromatic N) is 4. The van der Waals surface area contributed by atoms with Crippen LogP contribution in [0.1, 0.15) is 87.1 Å². The van der Waals surface area contributed by atoms with Gasteiger partial charge < -0.3 is 14.2 Å². The molecule has 1 aromatic rings. The molecule has 0 amide bonds. The Bertz CT molecular complexity index is 512. The van der Waals surface area contributed by atoms with Crippen LogP contribution in [0.2, 0.25) is 0 Å². The Hall–Kier alpha value is -0.910. The molecule has 0 spiro atoms. The van der Waals surface area contributed by atoms with Gasteiger partial charge in [-0.05, 0) is 92.2 Å². The average molecular weight is 437 g/mol. The summed E-state index contributed by atoms with van der Waals surface area (Å²) in [4.78, 5) is 8.87.